The summed E-state index contributed by atoms with van der Waals surface area (Å²) >= 11 is 5.77. The molecular formula is C18H17ClFN5O. The Kier molecular flexibility index (Phi) is 5.80. The van der Waals surface area contributed by atoms with Gasteiger partial charge in [0.15, 0.2) is 5.82 Å². The Labute approximate surface area is 155 Å². The molecule has 0 saturated carbocycles. The maximum atomic E-state index is 13.2. The van der Waals surface area contributed by atoms with Gasteiger partial charge in [0, 0.05) is 12.2 Å². The van der Waals surface area contributed by atoms with E-state index >= 15 is 0 Å². The molecule has 0 unspecified atom stereocenters. The third-order valence-corrected chi connectivity index (χ3v) is 3.90. The lowest BCUT2D eigenvalue weighted by atomic mass is 10.1. The molecule has 3 rings (SSSR count). The second-order valence-corrected chi connectivity index (χ2v) is 5.85. The predicted octanol–water partition coefficient (Wildman–Crippen LogP) is 4.07. The van der Waals surface area contributed by atoms with Gasteiger partial charge >= 0.3 is 0 Å². The van der Waals surface area contributed by atoms with Crippen molar-refractivity contribution in [2.24, 2.45) is 0 Å². The van der Waals surface area contributed by atoms with E-state index in [1.807, 2.05) is 24.3 Å². The van der Waals surface area contributed by atoms with Crippen molar-refractivity contribution < 1.29 is 9.13 Å². The van der Waals surface area contributed by atoms with Gasteiger partial charge < -0.3 is 15.4 Å². The monoisotopic (exact) mass is 373 g/mol. The quantitative estimate of drug-likeness (QED) is 0.650. The Morgan fingerprint density at radius 2 is 1.96 bits per heavy atom. The molecule has 8 heteroatoms. The van der Waals surface area contributed by atoms with Crippen molar-refractivity contribution in [2.45, 2.75) is 6.42 Å². The molecule has 0 atom stereocenters. The van der Waals surface area contributed by atoms with Crippen molar-refractivity contribution in [3.63, 3.8) is 0 Å². The zero-order valence-electron chi connectivity index (χ0n) is 14.0. The minimum absolute atomic E-state index is 0.0369. The first-order valence-electron chi connectivity index (χ1n) is 7.92. The van der Waals surface area contributed by atoms with E-state index in [2.05, 4.69) is 25.8 Å². The van der Waals surface area contributed by atoms with E-state index in [0.29, 0.717) is 24.0 Å². The number of hydrogen-bond donors (Lipinski definition) is 2. The second kappa shape index (κ2) is 8.44. The zero-order valence-corrected chi connectivity index (χ0v) is 14.8. The van der Waals surface area contributed by atoms with E-state index in [1.54, 1.807) is 13.2 Å². The number of anilines is 3. The number of ether oxygens (including phenoxy) is 1. The average molecular weight is 374 g/mol. The summed E-state index contributed by atoms with van der Waals surface area (Å²) in [6, 6.07) is 12.2. The number of rotatable bonds is 7. The maximum Gasteiger partial charge on any atom is 0.244 e. The molecule has 0 amide bonds. The summed E-state index contributed by atoms with van der Waals surface area (Å²) < 4.78 is 18.3. The molecule has 2 N–H and O–H groups in total. The molecule has 0 aliphatic heterocycles. The van der Waals surface area contributed by atoms with Crippen LogP contribution in [0, 0.1) is 5.82 Å². The Bertz CT molecular complexity index is 876. The van der Waals surface area contributed by atoms with Crippen LogP contribution >= 0.6 is 11.6 Å². The van der Waals surface area contributed by atoms with E-state index in [0.717, 1.165) is 12.2 Å². The summed E-state index contributed by atoms with van der Waals surface area (Å²) in [5, 5.41) is 14.0. The van der Waals surface area contributed by atoms with Gasteiger partial charge in [0.1, 0.15) is 11.6 Å². The largest absolute Gasteiger partial charge is 0.497 e. The lowest BCUT2D eigenvalue weighted by Gasteiger charge is -2.08. The van der Waals surface area contributed by atoms with Crippen LogP contribution in [0.2, 0.25) is 5.02 Å². The highest BCUT2D eigenvalue weighted by atomic mass is 35.5. The van der Waals surface area contributed by atoms with Gasteiger partial charge in [-0.05, 0) is 42.3 Å². The van der Waals surface area contributed by atoms with Crippen LogP contribution in [0.3, 0.4) is 0 Å². The molecule has 6 nitrogen and oxygen atoms in total. The van der Waals surface area contributed by atoms with Crippen LogP contribution in [0.25, 0.3) is 0 Å². The first kappa shape index (κ1) is 17.9. The lowest BCUT2D eigenvalue weighted by Crippen LogP contribution is -2.09. The first-order chi connectivity index (χ1) is 12.6. The lowest BCUT2D eigenvalue weighted by molar-refractivity contribution is 0.414. The number of hydrogen-bond acceptors (Lipinski definition) is 6. The van der Waals surface area contributed by atoms with Gasteiger partial charge in [0.2, 0.25) is 5.95 Å². The summed E-state index contributed by atoms with van der Waals surface area (Å²) in [6.45, 7) is 0.653. The van der Waals surface area contributed by atoms with Crippen LogP contribution in [-0.4, -0.2) is 28.8 Å². The molecule has 0 radical (unpaired) electrons. The molecule has 0 aliphatic rings. The van der Waals surface area contributed by atoms with Crippen molar-refractivity contribution in [1.29, 1.82) is 0 Å². The normalized spacial score (nSPS) is 10.4. The molecule has 2 aromatic carbocycles. The first-order valence-corrected chi connectivity index (χ1v) is 8.30. The van der Waals surface area contributed by atoms with Crippen LogP contribution in [0.1, 0.15) is 5.56 Å². The van der Waals surface area contributed by atoms with E-state index in [1.165, 1.54) is 23.9 Å². The van der Waals surface area contributed by atoms with Gasteiger partial charge in [-0.1, -0.05) is 23.7 Å². The van der Waals surface area contributed by atoms with E-state index in [4.69, 9.17) is 16.3 Å². The Hall–Kier alpha value is -2.93. The molecule has 0 bridgehead atoms. The fourth-order valence-corrected chi connectivity index (χ4v) is 2.45. The van der Waals surface area contributed by atoms with Gasteiger partial charge in [-0.3, -0.25) is 0 Å². The van der Waals surface area contributed by atoms with E-state index < -0.39 is 5.82 Å². The average Bonchev–Trinajstić information content (AvgIpc) is 2.66. The summed E-state index contributed by atoms with van der Waals surface area (Å²) in [6.07, 6.45) is 2.28. The molecule has 0 fully saturated rings. The van der Waals surface area contributed by atoms with Crippen molar-refractivity contribution in [3.05, 3.63) is 65.1 Å². The van der Waals surface area contributed by atoms with Crippen molar-refractivity contribution in [3.8, 4) is 5.75 Å². The summed E-state index contributed by atoms with van der Waals surface area (Å²) in [7, 11) is 1.64. The van der Waals surface area contributed by atoms with E-state index in [9.17, 15) is 4.39 Å². The number of nitrogens with one attached hydrogen (secondary N) is 2. The fraction of sp³-hybridized carbons (Fsp3) is 0.167. The maximum absolute atomic E-state index is 13.2. The highest BCUT2D eigenvalue weighted by Gasteiger charge is 2.04. The zero-order chi connectivity index (χ0) is 18.4. The Morgan fingerprint density at radius 1 is 1.15 bits per heavy atom. The SMILES string of the molecule is COc1ccc(CCNc2nncc(Nc3ccc(F)c(Cl)c3)n2)cc1. The number of aromatic nitrogens is 3. The minimum atomic E-state index is -0.473. The molecule has 0 spiro atoms. The molecule has 1 heterocycles. The molecule has 0 aliphatic carbocycles. The third kappa shape index (κ3) is 4.80. The summed E-state index contributed by atoms with van der Waals surface area (Å²) in [4.78, 5) is 4.33. The smallest absolute Gasteiger partial charge is 0.244 e. The Morgan fingerprint density at radius 3 is 2.69 bits per heavy atom. The van der Waals surface area contributed by atoms with Crippen LogP contribution in [-0.2, 0) is 6.42 Å². The molecular weight excluding hydrogens is 357 g/mol. The summed E-state index contributed by atoms with van der Waals surface area (Å²) in [5.74, 6) is 1.24. The predicted molar refractivity (Wildman–Crippen MR) is 99.7 cm³/mol. The van der Waals surface area contributed by atoms with Crippen LogP contribution in [0.15, 0.2) is 48.7 Å². The van der Waals surface area contributed by atoms with Crippen LogP contribution in [0.4, 0.5) is 21.8 Å². The molecule has 3 aromatic rings. The molecule has 0 saturated heterocycles. The number of nitrogens with zero attached hydrogens (tertiary/aromatic N) is 3. The topological polar surface area (TPSA) is 72.0 Å². The van der Waals surface area contributed by atoms with Gasteiger partial charge in [-0.15, -0.1) is 5.10 Å². The highest BCUT2D eigenvalue weighted by molar-refractivity contribution is 6.31. The molecule has 1 aromatic heterocycles. The number of halogens is 2. The number of benzene rings is 2. The van der Waals surface area contributed by atoms with Gasteiger partial charge in [-0.2, -0.15) is 10.1 Å². The van der Waals surface area contributed by atoms with E-state index in [-0.39, 0.29) is 5.02 Å². The van der Waals surface area contributed by atoms with Crippen LogP contribution in [0.5, 0.6) is 5.75 Å². The van der Waals surface area contributed by atoms with Gasteiger partial charge in [0.05, 0.1) is 18.3 Å². The number of methoxy groups -OCH3 is 1. The van der Waals surface area contributed by atoms with Crippen molar-refractivity contribution in [2.75, 3.05) is 24.3 Å². The van der Waals surface area contributed by atoms with Crippen molar-refractivity contribution >= 4 is 29.1 Å². The molecule has 134 valence electrons. The minimum Gasteiger partial charge on any atom is -0.497 e. The van der Waals surface area contributed by atoms with Gasteiger partial charge in [-0.25, -0.2) is 4.39 Å². The standard InChI is InChI=1S/C18H17ClFN5O/c1-26-14-5-2-12(3-6-14)8-9-21-18-24-17(11-22-25-18)23-13-4-7-16(20)15(19)10-13/h2-7,10-11H,8-9H2,1H3,(H2,21,23,24,25). The summed E-state index contributed by atoms with van der Waals surface area (Å²) in [5.41, 5.74) is 1.78. The Balaban J connectivity index is 1.57. The highest BCUT2D eigenvalue weighted by Crippen LogP contribution is 2.21. The van der Waals surface area contributed by atoms with Gasteiger partial charge in [0.25, 0.3) is 0 Å². The van der Waals surface area contributed by atoms with Crippen molar-refractivity contribution in [1.82, 2.24) is 15.2 Å². The second-order valence-electron chi connectivity index (χ2n) is 5.44. The fourth-order valence-electron chi connectivity index (χ4n) is 2.27. The molecule has 26 heavy (non-hydrogen) atoms. The van der Waals surface area contributed by atoms with Crippen LogP contribution < -0.4 is 15.4 Å². The third-order valence-electron chi connectivity index (χ3n) is 3.61.